The topological polar surface area (TPSA) is 93.8 Å². The fraction of sp³-hybridized carbons (Fsp3) is 0.200. The zero-order valence-electron chi connectivity index (χ0n) is 18.5. The van der Waals surface area contributed by atoms with Gasteiger partial charge in [0.05, 0.1) is 30.0 Å². The molecule has 2 heterocycles. The predicted molar refractivity (Wildman–Crippen MR) is 130 cm³/mol. The van der Waals surface area contributed by atoms with E-state index in [9.17, 15) is 14.7 Å². The molecule has 0 atom stereocenters. The van der Waals surface area contributed by atoms with Gasteiger partial charge in [-0.2, -0.15) is 0 Å². The van der Waals surface area contributed by atoms with Crippen LogP contribution in [-0.2, 0) is 16.0 Å². The number of aryl methyl sites for hydroxylation is 2. The van der Waals surface area contributed by atoms with Crippen molar-refractivity contribution >= 4 is 39.4 Å². The lowest BCUT2D eigenvalue weighted by atomic mass is 10.1. The van der Waals surface area contributed by atoms with Gasteiger partial charge in [0.25, 0.3) is 5.56 Å². The van der Waals surface area contributed by atoms with Crippen LogP contribution >= 0.6 is 11.3 Å². The molecule has 0 aliphatic rings. The summed E-state index contributed by atoms with van der Waals surface area (Å²) in [6.07, 6.45) is 1.58. The molecule has 0 saturated heterocycles. The SMILES string of the molecule is CCOC(=O)Cc1csc(/N=C/c2c(O)n(-c3ccc(C)c(C)c3)c(=O)c3ccccc23)n1. The number of aliphatic imine (C=N–C) groups is 1. The third-order valence-corrected chi connectivity index (χ3v) is 6.12. The Morgan fingerprint density at radius 3 is 2.67 bits per heavy atom. The second-order valence-corrected chi connectivity index (χ2v) is 8.39. The number of carbonyl (C=O) groups excluding carboxylic acids is 1. The number of nitrogens with zero attached hydrogens (tertiary/aromatic N) is 3. The molecule has 2 aromatic carbocycles. The number of thiazole rings is 1. The maximum absolute atomic E-state index is 13.2. The molecule has 0 radical (unpaired) electrons. The minimum atomic E-state index is -0.345. The molecule has 0 amide bonds. The number of pyridine rings is 1. The van der Waals surface area contributed by atoms with E-state index in [4.69, 9.17) is 4.74 Å². The summed E-state index contributed by atoms with van der Waals surface area (Å²) in [5, 5.41) is 14.4. The van der Waals surface area contributed by atoms with E-state index in [0.717, 1.165) is 11.1 Å². The number of rotatable bonds is 6. The average Bonchev–Trinajstić information content (AvgIpc) is 3.23. The summed E-state index contributed by atoms with van der Waals surface area (Å²) < 4.78 is 6.25. The molecule has 2 aromatic heterocycles. The molecule has 0 unspecified atom stereocenters. The summed E-state index contributed by atoms with van der Waals surface area (Å²) in [7, 11) is 0. The van der Waals surface area contributed by atoms with Crippen LogP contribution in [0.1, 0.15) is 29.3 Å². The smallest absolute Gasteiger partial charge is 0.311 e. The van der Waals surface area contributed by atoms with Crippen LogP contribution in [0.5, 0.6) is 5.88 Å². The number of fused-ring (bicyclic) bond motifs is 1. The van der Waals surface area contributed by atoms with Gasteiger partial charge in [-0.05, 0) is 50.1 Å². The number of hydrogen-bond acceptors (Lipinski definition) is 7. The molecule has 8 heteroatoms. The van der Waals surface area contributed by atoms with Gasteiger partial charge in [-0.1, -0.05) is 24.3 Å². The molecule has 0 spiro atoms. The highest BCUT2D eigenvalue weighted by atomic mass is 32.1. The summed E-state index contributed by atoms with van der Waals surface area (Å²) in [5.74, 6) is -0.545. The molecule has 4 aromatic rings. The van der Waals surface area contributed by atoms with Crippen LogP contribution in [-0.4, -0.2) is 33.4 Å². The van der Waals surface area contributed by atoms with E-state index in [-0.39, 0.29) is 23.8 Å². The molecular formula is C25H23N3O4S. The van der Waals surface area contributed by atoms with E-state index in [1.54, 1.807) is 36.6 Å². The number of esters is 1. The van der Waals surface area contributed by atoms with Gasteiger partial charge in [-0.15, -0.1) is 11.3 Å². The van der Waals surface area contributed by atoms with Crippen molar-refractivity contribution in [2.45, 2.75) is 27.2 Å². The second kappa shape index (κ2) is 9.38. The summed E-state index contributed by atoms with van der Waals surface area (Å²) in [4.78, 5) is 33.7. The number of benzene rings is 2. The third kappa shape index (κ3) is 4.56. The molecular weight excluding hydrogens is 438 g/mol. The molecule has 1 N–H and O–H groups in total. The van der Waals surface area contributed by atoms with Gasteiger partial charge in [-0.25, -0.2) is 14.5 Å². The van der Waals surface area contributed by atoms with Crippen molar-refractivity contribution in [1.29, 1.82) is 0 Å². The van der Waals surface area contributed by atoms with Crippen LogP contribution in [0.15, 0.2) is 57.6 Å². The molecule has 4 rings (SSSR count). The standard InChI is InChI=1S/C25H23N3O4S/c1-4-32-22(29)12-17-14-33-25(27-17)26-13-21-19-7-5-6-8-20(19)23(30)28(24(21)31)18-10-9-15(2)16(3)11-18/h5-11,13-14,31H,4,12H2,1-3H3/b26-13+. The van der Waals surface area contributed by atoms with Gasteiger partial charge in [0.2, 0.25) is 11.0 Å². The first-order chi connectivity index (χ1) is 15.9. The van der Waals surface area contributed by atoms with Crippen molar-refractivity contribution in [3.8, 4) is 11.6 Å². The van der Waals surface area contributed by atoms with Crippen LogP contribution < -0.4 is 5.56 Å². The summed E-state index contributed by atoms with van der Waals surface area (Å²) in [6, 6.07) is 12.7. The Labute approximate surface area is 194 Å². The molecule has 0 aliphatic carbocycles. The zero-order chi connectivity index (χ0) is 23.5. The molecule has 33 heavy (non-hydrogen) atoms. The molecule has 168 valence electrons. The summed E-state index contributed by atoms with van der Waals surface area (Å²) in [6.45, 7) is 6.02. The molecule has 7 nitrogen and oxygen atoms in total. The number of aromatic hydroxyl groups is 1. The van der Waals surface area contributed by atoms with E-state index >= 15 is 0 Å². The average molecular weight is 462 g/mol. The minimum absolute atomic E-state index is 0.0751. The molecule has 0 bridgehead atoms. The van der Waals surface area contributed by atoms with Gasteiger partial charge in [-0.3, -0.25) is 9.59 Å². The maximum Gasteiger partial charge on any atom is 0.311 e. The Bertz CT molecular complexity index is 1440. The van der Waals surface area contributed by atoms with Gasteiger partial charge >= 0.3 is 5.97 Å². The lowest BCUT2D eigenvalue weighted by Crippen LogP contribution is -2.20. The Morgan fingerprint density at radius 2 is 1.94 bits per heavy atom. The quantitative estimate of drug-likeness (QED) is 0.334. The largest absolute Gasteiger partial charge is 0.494 e. The van der Waals surface area contributed by atoms with Crippen molar-refractivity contribution in [2.75, 3.05) is 6.61 Å². The van der Waals surface area contributed by atoms with Gasteiger partial charge in [0.15, 0.2) is 0 Å². The normalized spacial score (nSPS) is 11.4. The second-order valence-electron chi connectivity index (χ2n) is 7.55. The molecule has 0 saturated carbocycles. The van der Waals surface area contributed by atoms with E-state index in [2.05, 4.69) is 9.98 Å². The van der Waals surface area contributed by atoms with Crippen molar-refractivity contribution in [2.24, 2.45) is 4.99 Å². The first-order valence-electron chi connectivity index (χ1n) is 10.5. The fourth-order valence-corrected chi connectivity index (χ4v) is 4.17. The monoisotopic (exact) mass is 461 g/mol. The Kier molecular flexibility index (Phi) is 6.37. The van der Waals surface area contributed by atoms with Crippen LogP contribution in [0.25, 0.3) is 16.5 Å². The lowest BCUT2D eigenvalue weighted by molar-refractivity contribution is -0.142. The van der Waals surface area contributed by atoms with Gasteiger partial charge in [0, 0.05) is 22.4 Å². The van der Waals surface area contributed by atoms with Crippen LogP contribution in [0.4, 0.5) is 5.13 Å². The highest BCUT2D eigenvalue weighted by Gasteiger charge is 2.17. The number of aromatic nitrogens is 2. The van der Waals surface area contributed by atoms with E-state index in [1.807, 2.05) is 32.0 Å². The molecule has 0 fully saturated rings. The summed E-state index contributed by atoms with van der Waals surface area (Å²) >= 11 is 1.28. The third-order valence-electron chi connectivity index (χ3n) is 5.33. The van der Waals surface area contributed by atoms with Crippen molar-refractivity contribution in [3.05, 3.63) is 80.6 Å². The summed E-state index contributed by atoms with van der Waals surface area (Å²) in [5.41, 5.74) is 3.35. The fourth-order valence-electron chi connectivity index (χ4n) is 3.51. The van der Waals surface area contributed by atoms with Crippen LogP contribution in [0, 0.1) is 13.8 Å². The van der Waals surface area contributed by atoms with Crippen LogP contribution in [0.3, 0.4) is 0 Å². The van der Waals surface area contributed by atoms with Gasteiger partial charge in [0.1, 0.15) is 0 Å². The predicted octanol–water partition coefficient (Wildman–Crippen LogP) is 4.63. The first kappa shape index (κ1) is 22.4. The molecule has 0 aliphatic heterocycles. The van der Waals surface area contributed by atoms with Crippen molar-refractivity contribution in [1.82, 2.24) is 9.55 Å². The van der Waals surface area contributed by atoms with Crippen LogP contribution in [0.2, 0.25) is 0 Å². The van der Waals surface area contributed by atoms with E-state index in [1.165, 1.54) is 22.1 Å². The van der Waals surface area contributed by atoms with Crippen molar-refractivity contribution in [3.63, 3.8) is 0 Å². The Balaban J connectivity index is 1.79. The Morgan fingerprint density at radius 1 is 1.18 bits per heavy atom. The van der Waals surface area contributed by atoms with E-state index in [0.29, 0.717) is 39.5 Å². The minimum Gasteiger partial charge on any atom is -0.494 e. The maximum atomic E-state index is 13.2. The highest BCUT2D eigenvalue weighted by molar-refractivity contribution is 7.13. The highest BCUT2D eigenvalue weighted by Crippen LogP contribution is 2.28. The number of ether oxygens (including phenoxy) is 1. The first-order valence-corrected chi connectivity index (χ1v) is 11.4. The number of hydrogen-bond donors (Lipinski definition) is 1. The van der Waals surface area contributed by atoms with Crippen molar-refractivity contribution < 1.29 is 14.6 Å². The van der Waals surface area contributed by atoms with E-state index < -0.39 is 0 Å². The van der Waals surface area contributed by atoms with Gasteiger partial charge < -0.3 is 9.84 Å². The number of carbonyl (C=O) groups is 1. The zero-order valence-corrected chi connectivity index (χ0v) is 19.3. The Hall–Kier alpha value is -3.78. The lowest BCUT2D eigenvalue weighted by Gasteiger charge is -2.14.